The van der Waals surface area contributed by atoms with Gasteiger partial charge in [-0.3, -0.25) is 9.59 Å². The lowest BCUT2D eigenvalue weighted by molar-refractivity contribution is -0.133. The molecule has 101 valence electrons. The van der Waals surface area contributed by atoms with Crippen LogP contribution in [0, 0.1) is 5.51 Å². The minimum atomic E-state index is -0.328. The number of aromatic nitrogens is 1. The summed E-state index contributed by atoms with van der Waals surface area (Å²) < 4.78 is 0. The van der Waals surface area contributed by atoms with Crippen molar-refractivity contribution in [2.75, 3.05) is 13.1 Å². The van der Waals surface area contributed by atoms with Gasteiger partial charge in [0.2, 0.25) is 11.7 Å². The Balaban J connectivity index is 1.74. The molecular formula is C13H16N3O2S. The van der Waals surface area contributed by atoms with Crippen LogP contribution < -0.4 is 5.32 Å². The van der Waals surface area contributed by atoms with Gasteiger partial charge in [0.25, 0.3) is 0 Å². The summed E-state index contributed by atoms with van der Waals surface area (Å²) in [6.45, 7) is 1.57. The third kappa shape index (κ3) is 2.42. The largest absolute Gasteiger partial charge is 0.331 e. The van der Waals surface area contributed by atoms with Crippen LogP contribution in [0.2, 0.25) is 0 Å². The average molecular weight is 278 g/mol. The van der Waals surface area contributed by atoms with Gasteiger partial charge in [-0.05, 0) is 32.2 Å². The Bertz CT molecular complexity index is 468. The van der Waals surface area contributed by atoms with E-state index in [-0.39, 0.29) is 23.8 Å². The Labute approximate surface area is 116 Å². The SMILES string of the molecule is O=C(c1cs[c]n1)C1CCCN1C(=O)C1CCCN1. The van der Waals surface area contributed by atoms with E-state index >= 15 is 0 Å². The fourth-order valence-corrected chi connectivity index (χ4v) is 3.35. The number of rotatable bonds is 3. The van der Waals surface area contributed by atoms with Crippen molar-refractivity contribution in [1.82, 2.24) is 15.2 Å². The van der Waals surface area contributed by atoms with E-state index in [4.69, 9.17) is 0 Å². The van der Waals surface area contributed by atoms with Gasteiger partial charge in [-0.15, -0.1) is 11.3 Å². The van der Waals surface area contributed by atoms with Crippen molar-refractivity contribution in [2.24, 2.45) is 0 Å². The maximum atomic E-state index is 12.4. The lowest BCUT2D eigenvalue weighted by Crippen LogP contribution is -2.48. The van der Waals surface area contributed by atoms with Crippen molar-refractivity contribution >= 4 is 23.0 Å². The number of nitrogens with one attached hydrogen (secondary N) is 1. The number of Topliss-reactive ketones (excluding diaryl/α,β-unsaturated/α-hetero) is 1. The second-order valence-electron chi connectivity index (χ2n) is 5.03. The number of amides is 1. The number of carbonyl (C=O) groups excluding carboxylic acids is 2. The predicted molar refractivity (Wildman–Crippen MR) is 71.0 cm³/mol. The molecule has 0 bridgehead atoms. The highest BCUT2D eigenvalue weighted by Gasteiger charge is 2.38. The molecule has 2 fully saturated rings. The monoisotopic (exact) mass is 278 g/mol. The topological polar surface area (TPSA) is 62.3 Å². The number of hydrogen-bond acceptors (Lipinski definition) is 5. The molecule has 19 heavy (non-hydrogen) atoms. The van der Waals surface area contributed by atoms with E-state index in [1.165, 1.54) is 11.3 Å². The number of ketones is 1. The number of thiazole rings is 1. The summed E-state index contributed by atoms with van der Waals surface area (Å²) >= 11 is 1.29. The summed E-state index contributed by atoms with van der Waals surface area (Å²) in [6.07, 6.45) is 3.54. The molecule has 2 atom stereocenters. The quantitative estimate of drug-likeness (QED) is 0.833. The molecule has 5 nitrogen and oxygen atoms in total. The normalized spacial score (nSPS) is 26.8. The molecule has 1 aromatic rings. The molecule has 2 saturated heterocycles. The summed E-state index contributed by atoms with van der Waals surface area (Å²) in [6, 6.07) is -0.430. The van der Waals surface area contributed by atoms with Crippen LogP contribution in [-0.4, -0.2) is 46.7 Å². The second kappa shape index (κ2) is 5.38. The maximum Gasteiger partial charge on any atom is 0.240 e. The molecule has 6 heteroatoms. The van der Waals surface area contributed by atoms with E-state index in [1.54, 1.807) is 10.3 Å². The first-order valence-corrected chi connectivity index (χ1v) is 7.55. The van der Waals surface area contributed by atoms with Gasteiger partial charge in [0.15, 0.2) is 5.51 Å². The molecule has 2 aliphatic heterocycles. The summed E-state index contributed by atoms with van der Waals surface area (Å²) in [5.74, 6) is 0.0360. The van der Waals surface area contributed by atoms with Crippen LogP contribution in [0.25, 0.3) is 0 Å². The Morgan fingerprint density at radius 3 is 3.00 bits per heavy atom. The zero-order chi connectivity index (χ0) is 13.2. The average Bonchev–Trinajstić information content (AvgIpc) is 3.16. The first-order chi connectivity index (χ1) is 9.27. The summed E-state index contributed by atoms with van der Waals surface area (Å²) in [5, 5.41) is 4.91. The highest BCUT2D eigenvalue weighted by Crippen LogP contribution is 2.23. The minimum absolute atomic E-state index is 0.0404. The summed E-state index contributed by atoms with van der Waals surface area (Å²) in [4.78, 5) is 30.4. The van der Waals surface area contributed by atoms with Gasteiger partial charge in [0, 0.05) is 11.9 Å². The van der Waals surface area contributed by atoms with Gasteiger partial charge in [-0.25, -0.2) is 4.98 Å². The van der Waals surface area contributed by atoms with E-state index < -0.39 is 0 Å². The number of likely N-dealkylation sites (tertiary alicyclic amines) is 1. The van der Waals surface area contributed by atoms with Gasteiger partial charge >= 0.3 is 0 Å². The van der Waals surface area contributed by atoms with E-state index in [0.29, 0.717) is 12.2 Å². The lowest BCUT2D eigenvalue weighted by Gasteiger charge is -2.26. The molecule has 3 heterocycles. The van der Waals surface area contributed by atoms with Crippen LogP contribution in [0.5, 0.6) is 0 Å². The Morgan fingerprint density at radius 1 is 1.42 bits per heavy atom. The minimum Gasteiger partial charge on any atom is -0.331 e. The van der Waals surface area contributed by atoms with Gasteiger partial charge in [-0.1, -0.05) is 0 Å². The van der Waals surface area contributed by atoms with Crippen LogP contribution in [0.3, 0.4) is 0 Å². The van der Waals surface area contributed by atoms with E-state index in [1.807, 2.05) is 0 Å². The molecule has 1 amide bonds. The Hall–Kier alpha value is -1.27. The first-order valence-electron chi connectivity index (χ1n) is 6.67. The maximum absolute atomic E-state index is 12.4. The van der Waals surface area contributed by atoms with Crippen molar-refractivity contribution in [3.63, 3.8) is 0 Å². The van der Waals surface area contributed by atoms with Crippen molar-refractivity contribution in [1.29, 1.82) is 0 Å². The van der Waals surface area contributed by atoms with Crippen molar-refractivity contribution in [3.8, 4) is 0 Å². The molecule has 1 aromatic heterocycles. The standard InChI is InChI=1S/C13H16N3O2S/c17-12(10-7-19-8-15-10)11-4-2-6-16(11)13(18)9-3-1-5-14-9/h7,9,11,14H,1-6H2. The van der Waals surface area contributed by atoms with Crippen molar-refractivity contribution in [2.45, 2.75) is 37.8 Å². The van der Waals surface area contributed by atoms with Crippen molar-refractivity contribution in [3.05, 3.63) is 16.6 Å². The molecule has 1 radical (unpaired) electrons. The first kappa shape index (κ1) is 12.7. The summed E-state index contributed by atoms with van der Waals surface area (Å²) in [5.41, 5.74) is 3.13. The van der Waals surface area contributed by atoms with E-state index in [0.717, 1.165) is 32.2 Å². The lowest BCUT2D eigenvalue weighted by atomic mass is 10.1. The van der Waals surface area contributed by atoms with Crippen LogP contribution in [0.15, 0.2) is 5.38 Å². The van der Waals surface area contributed by atoms with Crippen molar-refractivity contribution < 1.29 is 9.59 Å². The van der Waals surface area contributed by atoms with Crippen LogP contribution >= 0.6 is 11.3 Å². The molecule has 0 aromatic carbocycles. The zero-order valence-electron chi connectivity index (χ0n) is 10.6. The molecular weight excluding hydrogens is 262 g/mol. The van der Waals surface area contributed by atoms with Crippen LogP contribution in [0.1, 0.15) is 36.2 Å². The molecule has 0 spiro atoms. The molecule has 0 aliphatic carbocycles. The van der Waals surface area contributed by atoms with Gasteiger partial charge < -0.3 is 10.2 Å². The van der Waals surface area contributed by atoms with E-state index in [2.05, 4.69) is 15.8 Å². The summed E-state index contributed by atoms with van der Waals surface area (Å²) in [7, 11) is 0. The fourth-order valence-electron chi connectivity index (χ4n) is 2.87. The smallest absolute Gasteiger partial charge is 0.240 e. The van der Waals surface area contributed by atoms with Crippen LogP contribution in [-0.2, 0) is 4.79 Å². The Morgan fingerprint density at radius 2 is 2.32 bits per heavy atom. The zero-order valence-corrected chi connectivity index (χ0v) is 11.4. The molecule has 1 N–H and O–H groups in total. The number of carbonyl (C=O) groups is 2. The second-order valence-corrected chi connectivity index (χ2v) is 5.68. The highest BCUT2D eigenvalue weighted by atomic mass is 32.1. The third-order valence-corrected chi connectivity index (χ3v) is 4.38. The fraction of sp³-hybridized carbons (Fsp3) is 0.615. The molecule has 0 saturated carbocycles. The van der Waals surface area contributed by atoms with Gasteiger partial charge in [0.1, 0.15) is 5.69 Å². The molecule has 3 rings (SSSR count). The van der Waals surface area contributed by atoms with E-state index in [9.17, 15) is 9.59 Å². The number of hydrogen-bond donors (Lipinski definition) is 1. The highest BCUT2D eigenvalue weighted by molar-refractivity contribution is 7.07. The van der Waals surface area contributed by atoms with Gasteiger partial charge in [0.05, 0.1) is 12.1 Å². The van der Waals surface area contributed by atoms with Crippen LogP contribution in [0.4, 0.5) is 0 Å². The molecule has 2 unspecified atom stereocenters. The number of nitrogens with zero attached hydrogens (tertiary/aromatic N) is 2. The van der Waals surface area contributed by atoms with Gasteiger partial charge in [-0.2, -0.15) is 0 Å². The predicted octanol–water partition coefficient (Wildman–Crippen LogP) is 0.869. The Kier molecular flexibility index (Phi) is 3.61. The molecule has 2 aliphatic rings. The third-order valence-electron chi connectivity index (χ3n) is 3.84.